The third-order valence-electron chi connectivity index (χ3n) is 9.85. The standard InChI is InChI=1S/C44H68N2.Ni/c1-7-13-19-22-28-42-41(27-18-12-6)43(39-31-35(23-16-10-4)29-36(32-39)24-17-11-5)46(45)44(42)40-33-37(25-20-14-8-2)30-38(34-40)26-21-15-9-3;/h29-34H,7-28H2,1-6H3;. The van der Waals surface area contributed by atoms with Gasteiger partial charge in [0.15, 0.2) is 0 Å². The largest absolute Gasteiger partial charge is 0.493 e. The smallest absolute Gasteiger partial charge is 0.211 e. The third kappa shape index (κ3) is 12.8. The minimum atomic E-state index is 0. The first-order chi connectivity index (χ1) is 22.5. The van der Waals surface area contributed by atoms with Crippen molar-refractivity contribution in [2.45, 2.75) is 183 Å². The van der Waals surface area contributed by atoms with Crippen molar-refractivity contribution < 1.29 is 21.2 Å². The molecule has 2 aromatic carbocycles. The summed E-state index contributed by atoms with van der Waals surface area (Å²) >= 11 is 0. The van der Waals surface area contributed by atoms with Crippen molar-refractivity contribution in [3.63, 3.8) is 0 Å². The first kappa shape index (κ1) is 41.2. The van der Waals surface area contributed by atoms with Gasteiger partial charge in [-0.15, -0.1) is 0 Å². The molecule has 3 rings (SSSR count). The number of hydrogen-bond acceptors (Lipinski definition) is 0. The molecule has 264 valence electrons. The molecule has 1 heterocycles. The summed E-state index contributed by atoms with van der Waals surface area (Å²) in [5.74, 6) is 0. The van der Waals surface area contributed by atoms with Gasteiger partial charge in [-0.2, -0.15) is 0 Å². The summed E-state index contributed by atoms with van der Waals surface area (Å²) in [5.41, 5.74) is 25.6. The van der Waals surface area contributed by atoms with E-state index in [-0.39, 0.29) is 16.5 Å². The molecular formula is C44H68N2Ni. The van der Waals surface area contributed by atoms with Crippen LogP contribution >= 0.6 is 0 Å². The molecule has 0 fully saturated rings. The van der Waals surface area contributed by atoms with Gasteiger partial charge in [-0.05, 0) is 124 Å². The molecule has 0 spiro atoms. The first-order valence-electron chi connectivity index (χ1n) is 19.7. The SMILES string of the molecule is CCCCCCC1=C(c2cc(CCCCC)cc(CCCCC)c2)[N+](=[N-])C(c2cc(CCCC)cc(CCCC)c2)=C1CCCC.[Ni]. The summed E-state index contributed by atoms with van der Waals surface area (Å²) in [7, 11) is 0. The summed E-state index contributed by atoms with van der Waals surface area (Å²) in [5, 5.41) is 0. The number of rotatable bonds is 24. The van der Waals surface area contributed by atoms with Gasteiger partial charge in [-0.25, -0.2) is 4.70 Å². The Labute approximate surface area is 300 Å². The van der Waals surface area contributed by atoms with Gasteiger partial charge in [0.25, 0.3) is 0 Å². The number of unbranched alkanes of at least 4 members (excludes halogenated alkanes) is 10. The number of allylic oxidation sites excluding steroid dienone is 2. The quantitative estimate of drug-likeness (QED) is 0.0598. The molecule has 0 N–H and O–H groups in total. The topological polar surface area (TPSA) is 25.3 Å². The van der Waals surface area contributed by atoms with Gasteiger partial charge in [-0.1, -0.05) is 118 Å². The second kappa shape index (κ2) is 23.4. The zero-order chi connectivity index (χ0) is 33.1. The summed E-state index contributed by atoms with van der Waals surface area (Å²) in [4.78, 5) is 0. The van der Waals surface area contributed by atoms with Gasteiger partial charge in [-0.3, -0.25) is 0 Å². The van der Waals surface area contributed by atoms with Crippen molar-refractivity contribution in [1.29, 1.82) is 0 Å². The van der Waals surface area contributed by atoms with Crippen LogP contribution < -0.4 is 0 Å². The molecule has 47 heavy (non-hydrogen) atoms. The van der Waals surface area contributed by atoms with Crippen molar-refractivity contribution in [2.24, 2.45) is 0 Å². The van der Waals surface area contributed by atoms with Gasteiger partial charge in [0.2, 0.25) is 11.4 Å². The van der Waals surface area contributed by atoms with Crippen LogP contribution in [0.3, 0.4) is 0 Å². The van der Waals surface area contributed by atoms with Crippen LogP contribution in [0.15, 0.2) is 47.5 Å². The molecule has 0 aromatic heterocycles. The fraction of sp³-hybridized carbons (Fsp3) is 0.636. The Morgan fingerprint density at radius 3 is 1.06 bits per heavy atom. The van der Waals surface area contributed by atoms with Crippen LogP contribution in [0.5, 0.6) is 0 Å². The van der Waals surface area contributed by atoms with Crippen molar-refractivity contribution in [2.75, 3.05) is 0 Å². The van der Waals surface area contributed by atoms with E-state index in [4.69, 9.17) is 0 Å². The molecule has 1 aliphatic heterocycles. The molecule has 2 nitrogen and oxygen atoms in total. The maximum atomic E-state index is 12.5. The van der Waals surface area contributed by atoms with Crippen molar-refractivity contribution in [3.8, 4) is 0 Å². The van der Waals surface area contributed by atoms with E-state index >= 15 is 0 Å². The normalized spacial score (nSPS) is 13.2. The second-order valence-electron chi connectivity index (χ2n) is 14.1. The molecule has 0 amide bonds. The van der Waals surface area contributed by atoms with E-state index in [0.717, 1.165) is 62.8 Å². The fourth-order valence-corrected chi connectivity index (χ4v) is 7.16. The molecule has 0 saturated heterocycles. The summed E-state index contributed by atoms with van der Waals surface area (Å²) in [6, 6.07) is 14.6. The van der Waals surface area contributed by atoms with E-state index in [0.29, 0.717) is 0 Å². The van der Waals surface area contributed by atoms with Crippen LogP contribution in [0.25, 0.3) is 16.9 Å². The van der Waals surface area contributed by atoms with E-state index in [1.165, 1.54) is 134 Å². The van der Waals surface area contributed by atoms with Crippen LogP contribution in [0.1, 0.15) is 190 Å². The maximum absolute atomic E-state index is 12.5. The molecule has 2 aromatic rings. The zero-order valence-electron chi connectivity index (χ0n) is 31.2. The van der Waals surface area contributed by atoms with Crippen LogP contribution in [-0.2, 0) is 42.2 Å². The van der Waals surface area contributed by atoms with Crippen molar-refractivity contribution in [1.82, 2.24) is 0 Å². The summed E-state index contributed by atoms with van der Waals surface area (Å²) < 4.78 is 1.66. The van der Waals surface area contributed by atoms with Gasteiger partial charge < -0.3 is 5.53 Å². The molecular weight excluding hydrogens is 615 g/mol. The Hall–Kier alpha value is -1.99. The second-order valence-corrected chi connectivity index (χ2v) is 14.1. The molecule has 0 radical (unpaired) electrons. The Balaban J connectivity index is 0.00000768. The first-order valence-corrected chi connectivity index (χ1v) is 19.7. The summed E-state index contributed by atoms with van der Waals surface area (Å²) in [6.45, 7) is 13.8. The molecule has 3 heteroatoms. The number of nitrogens with zero attached hydrogens (tertiary/aromatic N) is 2. The van der Waals surface area contributed by atoms with Crippen LogP contribution in [0.4, 0.5) is 0 Å². The van der Waals surface area contributed by atoms with Crippen LogP contribution in [0.2, 0.25) is 0 Å². The maximum Gasteiger partial charge on any atom is 0.211 e. The Morgan fingerprint density at radius 2 is 0.681 bits per heavy atom. The van der Waals surface area contributed by atoms with E-state index < -0.39 is 0 Å². The van der Waals surface area contributed by atoms with E-state index in [1.54, 1.807) is 4.70 Å². The van der Waals surface area contributed by atoms with E-state index in [2.05, 4.69) is 77.9 Å². The minimum Gasteiger partial charge on any atom is -0.493 e. The van der Waals surface area contributed by atoms with E-state index in [9.17, 15) is 5.53 Å². The zero-order valence-corrected chi connectivity index (χ0v) is 32.2. The third-order valence-corrected chi connectivity index (χ3v) is 9.85. The number of benzene rings is 2. The average molecular weight is 684 g/mol. The molecule has 0 atom stereocenters. The Kier molecular flexibility index (Phi) is 20.5. The molecule has 0 saturated carbocycles. The van der Waals surface area contributed by atoms with Gasteiger partial charge in [0.1, 0.15) is 0 Å². The number of hydrogen-bond donors (Lipinski definition) is 0. The van der Waals surface area contributed by atoms with Gasteiger partial charge in [0.05, 0.1) is 0 Å². The Morgan fingerprint density at radius 1 is 0.383 bits per heavy atom. The predicted molar refractivity (Wildman–Crippen MR) is 202 cm³/mol. The molecule has 0 bridgehead atoms. The minimum absolute atomic E-state index is 0. The van der Waals surface area contributed by atoms with Gasteiger partial charge in [0, 0.05) is 38.8 Å². The predicted octanol–water partition coefficient (Wildman–Crippen LogP) is 14.2. The van der Waals surface area contributed by atoms with Crippen molar-refractivity contribution >= 4 is 11.4 Å². The summed E-state index contributed by atoms with van der Waals surface area (Å²) in [6.07, 6.45) is 26.1. The monoisotopic (exact) mass is 682 g/mol. The van der Waals surface area contributed by atoms with Crippen molar-refractivity contribution in [3.05, 3.63) is 86.5 Å². The number of aryl methyl sites for hydroxylation is 4. The molecule has 1 aliphatic rings. The fourth-order valence-electron chi connectivity index (χ4n) is 7.16. The molecule has 0 aliphatic carbocycles. The van der Waals surface area contributed by atoms with Gasteiger partial charge >= 0.3 is 0 Å². The average Bonchev–Trinajstić information content (AvgIpc) is 3.34. The molecule has 0 unspecified atom stereocenters. The van der Waals surface area contributed by atoms with E-state index in [1.807, 2.05) is 0 Å². The van der Waals surface area contributed by atoms with Crippen LogP contribution in [-0.4, -0.2) is 4.70 Å². The van der Waals surface area contributed by atoms with Crippen LogP contribution in [0, 0.1) is 0 Å². The Bertz CT molecular complexity index is 1230.